The highest BCUT2D eigenvalue weighted by molar-refractivity contribution is 6.07. The van der Waals surface area contributed by atoms with Gasteiger partial charge in [0.15, 0.2) is 0 Å². The first-order valence-corrected chi connectivity index (χ1v) is 12.7. The molecule has 0 spiro atoms. The number of anilines is 3. The minimum absolute atomic E-state index is 0.138. The number of pyridine rings is 1. The monoisotopic (exact) mass is 514 g/mol. The molecule has 1 fully saturated rings. The van der Waals surface area contributed by atoms with E-state index in [0.29, 0.717) is 17.2 Å². The molecule has 6 rings (SSSR count). The van der Waals surface area contributed by atoms with Gasteiger partial charge in [-0.25, -0.2) is 9.67 Å². The molecule has 0 saturated carbocycles. The summed E-state index contributed by atoms with van der Waals surface area (Å²) in [6.07, 6.45) is 2.09. The van der Waals surface area contributed by atoms with E-state index in [2.05, 4.69) is 60.8 Å². The Labute approximate surface area is 219 Å². The Morgan fingerprint density at radius 1 is 1.13 bits per heavy atom. The molecule has 5 heterocycles. The summed E-state index contributed by atoms with van der Waals surface area (Å²) in [6.45, 7) is 9.54. The summed E-state index contributed by atoms with van der Waals surface area (Å²) in [5.41, 5.74) is 4.71. The zero-order valence-electron chi connectivity index (χ0n) is 22.0. The standard InChI is InChI=1S/C26H30N10O2/c1-14-12-35(13-15(2)38-14)22-10-18(8-9-27-22)24-20-11-19(6-7-21(20)29-30-24)28-25(37)23-16(3)34(5)26-31-32-33-36(26)17(23)4/h6-11,14-15,17H,12-13H2,1-5H3,(H,28,37)(H,29,30)/t14-,15+,17-/m1/s1. The zero-order valence-corrected chi connectivity index (χ0v) is 22.0. The number of benzene rings is 1. The number of rotatable bonds is 4. The summed E-state index contributed by atoms with van der Waals surface area (Å²) in [4.78, 5) is 22.1. The van der Waals surface area contributed by atoms with Crippen LogP contribution >= 0.6 is 0 Å². The zero-order chi connectivity index (χ0) is 26.6. The van der Waals surface area contributed by atoms with Crippen molar-refractivity contribution in [1.29, 1.82) is 0 Å². The maximum absolute atomic E-state index is 13.4. The SMILES string of the molecule is CC1=C(C(=O)Nc2ccc3[nH]nc(-c4ccnc(N5C[C@@H](C)O[C@@H](C)C5)c4)c3c2)[C@@H](C)n2nnnc2N1C. The maximum Gasteiger partial charge on any atom is 0.255 e. The van der Waals surface area contributed by atoms with Crippen molar-refractivity contribution in [2.45, 2.75) is 45.9 Å². The van der Waals surface area contributed by atoms with E-state index in [1.54, 1.807) is 4.68 Å². The molecule has 2 N–H and O–H groups in total. The number of aromatic amines is 1. The first-order chi connectivity index (χ1) is 18.3. The number of amides is 1. The van der Waals surface area contributed by atoms with Crippen molar-refractivity contribution >= 4 is 34.3 Å². The fraction of sp³-hybridized carbons (Fsp3) is 0.385. The number of morpholine rings is 1. The van der Waals surface area contributed by atoms with Gasteiger partial charge in [0.05, 0.1) is 29.3 Å². The van der Waals surface area contributed by atoms with Crippen LogP contribution in [0.1, 0.15) is 33.7 Å². The van der Waals surface area contributed by atoms with E-state index in [9.17, 15) is 4.79 Å². The average molecular weight is 515 g/mol. The van der Waals surface area contributed by atoms with Crippen molar-refractivity contribution in [2.24, 2.45) is 0 Å². The highest BCUT2D eigenvalue weighted by atomic mass is 16.5. The van der Waals surface area contributed by atoms with Gasteiger partial charge >= 0.3 is 0 Å². The number of tetrazole rings is 1. The second-order valence-electron chi connectivity index (χ2n) is 10.0. The maximum atomic E-state index is 13.4. The highest BCUT2D eigenvalue weighted by Crippen LogP contribution is 2.34. The number of ether oxygens (including phenoxy) is 1. The fourth-order valence-electron chi connectivity index (χ4n) is 5.38. The van der Waals surface area contributed by atoms with Gasteiger partial charge in [0.25, 0.3) is 5.91 Å². The lowest BCUT2D eigenvalue weighted by molar-refractivity contribution is -0.113. The summed E-state index contributed by atoms with van der Waals surface area (Å²) >= 11 is 0. The molecule has 4 aromatic rings. The summed E-state index contributed by atoms with van der Waals surface area (Å²) in [7, 11) is 1.85. The van der Waals surface area contributed by atoms with E-state index in [4.69, 9.17) is 4.74 Å². The Balaban J connectivity index is 1.29. The van der Waals surface area contributed by atoms with Gasteiger partial charge in [-0.3, -0.25) is 9.89 Å². The van der Waals surface area contributed by atoms with E-state index in [1.165, 1.54) is 0 Å². The Bertz CT molecular complexity index is 1550. The lowest BCUT2D eigenvalue weighted by Gasteiger charge is -2.36. The van der Waals surface area contributed by atoms with Crippen LogP contribution in [0.15, 0.2) is 47.8 Å². The number of carbonyl (C=O) groups excluding carboxylic acids is 1. The number of hydrogen-bond donors (Lipinski definition) is 2. The molecular weight excluding hydrogens is 484 g/mol. The van der Waals surface area contributed by atoms with Crippen LogP contribution in [-0.4, -0.2) is 73.6 Å². The van der Waals surface area contributed by atoms with E-state index >= 15 is 0 Å². The molecule has 0 radical (unpaired) electrons. The number of nitrogens with one attached hydrogen (secondary N) is 2. The molecule has 38 heavy (non-hydrogen) atoms. The summed E-state index contributed by atoms with van der Waals surface area (Å²) in [5, 5.41) is 23.6. The predicted octanol–water partition coefficient (Wildman–Crippen LogP) is 3.15. The molecule has 0 bridgehead atoms. The number of H-pyrrole nitrogens is 1. The topological polar surface area (TPSA) is 130 Å². The minimum atomic E-state index is -0.301. The molecule has 0 aliphatic carbocycles. The van der Waals surface area contributed by atoms with Gasteiger partial charge in [0.1, 0.15) is 11.5 Å². The van der Waals surface area contributed by atoms with Crippen LogP contribution in [0.25, 0.3) is 22.2 Å². The molecule has 1 saturated heterocycles. The largest absolute Gasteiger partial charge is 0.372 e. The number of nitrogens with zero attached hydrogens (tertiary/aromatic N) is 8. The number of hydrogen-bond acceptors (Lipinski definition) is 9. The molecule has 12 nitrogen and oxygen atoms in total. The summed E-state index contributed by atoms with van der Waals surface area (Å²) in [5.74, 6) is 1.30. The quantitative estimate of drug-likeness (QED) is 0.422. The molecule has 2 aliphatic heterocycles. The fourth-order valence-corrected chi connectivity index (χ4v) is 5.38. The third-order valence-electron chi connectivity index (χ3n) is 7.28. The van der Waals surface area contributed by atoms with Crippen LogP contribution in [0.3, 0.4) is 0 Å². The van der Waals surface area contributed by atoms with Gasteiger partial charge in [0, 0.05) is 48.7 Å². The van der Waals surface area contributed by atoms with Gasteiger partial charge < -0.3 is 19.9 Å². The minimum Gasteiger partial charge on any atom is -0.372 e. The average Bonchev–Trinajstić information content (AvgIpc) is 3.55. The molecule has 3 atom stereocenters. The van der Waals surface area contributed by atoms with Crippen molar-refractivity contribution in [2.75, 3.05) is 35.3 Å². The molecule has 3 aromatic heterocycles. The second kappa shape index (κ2) is 9.21. The lowest BCUT2D eigenvalue weighted by atomic mass is 10.0. The van der Waals surface area contributed by atoms with Crippen LogP contribution in [-0.2, 0) is 9.53 Å². The van der Waals surface area contributed by atoms with Crippen LogP contribution in [0.4, 0.5) is 17.5 Å². The number of fused-ring (bicyclic) bond motifs is 2. The lowest BCUT2D eigenvalue weighted by Crippen LogP contribution is -2.45. The van der Waals surface area contributed by atoms with Crippen molar-refractivity contribution < 1.29 is 9.53 Å². The van der Waals surface area contributed by atoms with E-state index < -0.39 is 0 Å². The van der Waals surface area contributed by atoms with Crippen LogP contribution in [0.5, 0.6) is 0 Å². The number of allylic oxidation sites excluding steroid dienone is 1. The first kappa shape index (κ1) is 24.0. The van der Waals surface area contributed by atoms with Gasteiger partial charge in [-0.2, -0.15) is 5.10 Å². The predicted molar refractivity (Wildman–Crippen MR) is 144 cm³/mol. The molecule has 196 valence electrons. The summed E-state index contributed by atoms with van der Waals surface area (Å²) < 4.78 is 7.53. The highest BCUT2D eigenvalue weighted by Gasteiger charge is 2.32. The normalized spacial score (nSPS) is 21.7. The van der Waals surface area contributed by atoms with Gasteiger partial charge in [-0.15, -0.1) is 0 Å². The molecule has 2 aliphatic rings. The van der Waals surface area contributed by atoms with Crippen molar-refractivity contribution in [1.82, 2.24) is 35.4 Å². The number of carbonyl (C=O) groups is 1. The molecule has 0 unspecified atom stereocenters. The van der Waals surface area contributed by atoms with Gasteiger partial charge in [-0.1, -0.05) is 5.10 Å². The van der Waals surface area contributed by atoms with Crippen molar-refractivity contribution in [3.8, 4) is 11.3 Å². The molecule has 12 heteroatoms. The van der Waals surface area contributed by atoms with Crippen LogP contribution < -0.4 is 15.1 Å². The van der Waals surface area contributed by atoms with Gasteiger partial charge in [0.2, 0.25) is 5.95 Å². The number of aromatic nitrogens is 7. The smallest absolute Gasteiger partial charge is 0.255 e. The van der Waals surface area contributed by atoms with Crippen molar-refractivity contribution in [3.05, 3.63) is 47.8 Å². The first-order valence-electron chi connectivity index (χ1n) is 12.7. The van der Waals surface area contributed by atoms with Crippen LogP contribution in [0.2, 0.25) is 0 Å². The Morgan fingerprint density at radius 2 is 1.92 bits per heavy atom. The van der Waals surface area contributed by atoms with E-state index in [1.807, 2.05) is 56.3 Å². The van der Waals surface area contributed by atoms with Crippen molar-refractivity contribution in [3.63, 3.8) is 0 Å². The van der Waals surface area contributed by atoms with E-state index in [0.717, 1.165) is 46.8 Å². The Morgan fingerprint density at radius 3 is 2.71 bits per heavy atom. The Kier molecular flexibility index (Phi) is 5.83. The van der Waals surface area contributed by atoms with Crippen LogP contribution in [0, 0.1) is 0 Å². The summed E-state index contributed by atoms with van der Waals surface area (Å²) in [6, 6.07) is 9.45. The molecule has 1 amide bonds. The third kappa shape index (κ3) is 4.06. The third-order valence-corrected chi connectivity index (χ3v) is 7.28. The van der Waals surface area contributed by atoms with E-state index in [-0.39, 0.29) is 24.2 Å². The second-order valence-corrected chi connectivity index (χ2v) is 10.0. The molecular formula is C26H30N10O2. The Hall–Kier alpha value is -4.32. The molecule has 1 aromatic carbocycles. The van der Waals surface area contributed by atoms with Gasteiger partial charge in [-0.05, 0) is 68.5 Å².